The molecule has 1 atom stereocenters. The molecular weight excluding hydrogens is 181 g/mol. The molecule has 0 amide bonds. The smallest absolute Gasteiger partial charge is 0.123 e. The predicted octanol–water partition coefficient (Wildman–Crippen LogP) is 2.66. The fourth-order valence-corrected chi connectivity index (χ4v) is 1.17. The van der Waals surface area contributed by atoms with Gasteiger partial charge in [0, 0.05) is 18.3 Å². The van der Waals surface area contributed by atoms with Crippen molar-refractivity contribution in [3.63, 3.8) is 0 Å². The monoisotopic (exact) mass is 197 g/mol. The Balaban J connectivity index is 2.39. The second-order valence-electron chi connectivity index (χ2n) is 3.21. The lowest BCUT2D eigenvalue weighted by atomic mass is 10.2. The lowest BCUT2D eigenvalue weighted by molar-refractivity contribution is 0.141. The highest BCUT2D eigenvalue weighted by molar-refractivity contribution is 5.43. The summed E-state index contributed by atoms with van der Waals surface area (Å²) in [5, 5.41) is 3.21. The molecule has 0 fully saturated rings. The second kappa shape index (κ2) is 5.60. The van der Waals surface area contributed by atoms with Gasteiger partial charge in [0.05, 0.1) is 6.61 Å². The Morgan fingerprint density at radius 1 is 1.36 bits per heavy atom. The van der Waals surface area contributed by atoms with Crippen molar-refractivity contribution in [3.8, 4) is 0 Å². The van der Waals surface area contributed by atoms with Crippen LogP contribution in [0.5, 0.6) is 0 Å². The molecular formula is C11H16FNO. The predicted molar refractivity (Wildman–Crippen MR) is 56.0 cm³/mol. The average molecular weight is 197 g/mol. The molecule has 1 unspecified atom stereocenters. The third-order valence-corrected chi connectivity index (χ3v) is 1.83. The molecule has 1 aromatic rings. The summed E-state index contributed by atoms with van der Waals surface area (Å²) in [5.74, 6) is -0.215. The van der Waals surface area contributed by atoms with Gasteiger partial charge in [-0.15, -0.1) is 0 Å². The largest absolute Gasteiger partial charge is 0.380 e. The highest BCUT2D eigenvalue weighted by Crippen LogP contribution is 2.09. The zero-order valence-corrected chi connectivity index (χ0v) is 8.59. The fourth-order valence-electron chi connectivity index (χ4n) is 1.17. The molecule has 2 nitrogen and oxygen atoms in total. The van der Waals surface area contributed by atoms with Crippen LogP contribution in [0.3, 0.4) is 0 Å². The Labute approximate surface area is 84.1 Å². The zero-order chi connectivity index (χ0) is 10.4. The number of ether oxygens (including phenoxy) is 1. The molecule has 78 valence electrons. The number of halogens is 1. The molecule has 0 spiro atoms. The molecule has 0 saturated heterocycles. The summed E-state index contributed by atoms with van der Waals surface area (Å²) in [5.41, 5.74) is 0.915. The van der Waals surface area contributed by atoms with E-state index in [0.29, 0.717) is 6.61 Å². The summed E-state index contributed by atoms with van der Waals surface area (Å²) in [7, 11) is 0. The van der Waals surface area contributed by atoms with Gasteiger partial charge in [-0.25, -0.2) is 4.39 Å². The molecule has 0 aliphatic heterocycles. The standard InChI is InChI=1S/C11H16FNO/c1-3-14-8-9(2)13-11-6-4-10(12)5-7-11/h4-7,9,13H,3,8H2,1-2H3. The molecule has 0 radical (unpaired) electrons. The van der Waals surface area contributed by atoms with E-state index in [9.17, 15) is 4.39 Å². The van der Waals surface area contributed by atoms with Crippen molar-refractivity contribution in [2.75, 3.05) is 18.5 Å². The fraction of sp³-hybridized carbons (Fsp3) is 0.455. The molecule has 0 saturated carbocycles. The number of benzene rings is 1. The topological polar surface area (TPSA) is 21.3 Å². The molecule has 1 rings (SSSR count). The molecule has 3 heteroatoms. The van der Waals surface area contributed by atoms with Crippen LogP contribution in [0, 0.1) is 5.82 Å². The van der Waals surface area contributed by atoms with E-state index in [2.05, 4.69) is 5.32 Å². The van der Waals surface area contributed by atoms with Crippen LogP contribution in [0.4, 0.5) is 10.1 Å². The van der Waals surface area contributed by atoms with Gasteiger partial charge in [-0.05, 0) is 38.1 Å². The summed E-state index contributed by atoms with van der Waals surface area (Å²) in [6, 6.07) is 6.56. The Hall–Kier alpha value is -1.09. The Bertz CT molecular complexity index is 260. The minimum absolute atomic E-state index is 0.215. The number of hydrogen-bond donors (Lipinski definition) is 1. The van der Waals surface area contributed by atoms with E-state index in [4.69, 9.17) is 4.74 Å². The maximum absolute atomic E-state index is 12.6. The lowest BCUT2D eigenvalue weighted by Crippen LogP contribution is -2.21. The first-order valence-electron chi connectivity index (χ1n) is 4.82. The molecule has 14 heavy (non-hydrogen) atoms. The van der Waals surface area contributed by atoms with Crippen LogP contribution in [0.1, 0.15) is 13.8 Å². The molecule has 0 aromatic heterocycles. The molecule has 0 bridgehead atoms. The summed E-state index contributed by atoms with van der Waals surface area (Å²) in [6.45, 7) is 5.37. The van der Waals surface area contributed by atoms with Gasteiger partial charge in [0.15, 0.2) is 0 Å². The molecule has 0 heterocycles. The molecule has 0 aliphatic rings. The van der Waals surface area contributed by atoms with Crippen molar-refractivity contribution in [1.82, 2.24) is 0 Å². The van der Waals surface area contributed by atoms with E-state index >= 15 is 0 Å². The van der Waals surface area contributed by atoms with Gasteiger partial charge >= 0.3 is 0 Å². The minimum atomic E-state index is -0.215. The van der Waals surface area contributed by atoms with E-state index < -0.39 is 0 Å². The summed E-state index contributed by atoms with van der Waals surface area (Å²) in [4.78, 5) is 0. The summed E-state index contributed by atoms with van der Waals surface area (Å²) in [6.07, 6.45) is 0. The number of hydrogen-bond acceptors (Lipinski definition) is 2. The first-order chi connectivity index (χ1) is 6.72. The highest BCUT2D eigenvalue weighted by Gasteiger charge is 2.01. The minimum Gasteiger partial charge on any atom is -0.380 e. The van der Waals surface area contributed by atoms with Crippen molar-refractivity contribution < 1.29 is 9.13 Å². The highest BCUT2D eigenvalue weighted by atomic mass is 19.1. The van der Waals surface area contributed by atoms with Crippen LogP contribution >= 0.6 is 0 Å². The van der Waals surface area contributed by atoms with Gasteiger partial charge in [0.25, 0.3) is 0 Å². The van der Waals surface area contributed by atoms with Gasteiger partial charge in [-0.2, -0.15) is 0 Å². The first kappa shape index (κ1) is 11.0. The normalized spacial score (nSPS) is 12.5. The Kier molecular flexibility index (Phi) is 4.40. The third kappa shape index (κ3) is 3.75. The van der Waals surface area contributed by atoms with E-state index in [1.54, 1.807) is 12.1 Å². The second-order valence-corrected chi connectivity index (χ2v) is 3.21. The maximum atomic E-state index is 12.6. The van der Waals surface area contributed by atoms with Gasteiger partial charge in [-0.3, -0.25) is 0 Å². The van der Waals surface area contributed by atoms with E-state index in [1.165, 1.54) is 12.1 Å². The van der Waals surface area contributed by atoms with Crippen molar-refractivity contribution in [3.05, 3.63) is 30.1 Å². The molecule has 1 aromatic carbocycles. The number of rotatable bonds is 5. The summed E-state index contributed by atoms with van der Waals surface area (Å²) < 4.78 is 17.8. The third-order valence-electron chi connectivity index (χ3n) is 1.83. The lowest BCUT2D eigenvalue weighted by Gasteiger charge is -2.14. The van der Waals surface area contributed by atoms with Crippen LogP contribution < -0.4 is 5.32 Å². The van der Waals surface area contributed by atoms with Gasteiger partial charge < -0.3 is 10.1 Å². The zero-order valence-electron chi connectivity index (χ0n) is 8.59. The van der Waals surface area contributed by atoms with Gasteiger partial charge in [0.2, 0.25) is 0 Å². The van der Waals surface area contributed by atoms with E-state index in [0.717, 1.165) is 12.3 Å². The first-order valence-corrected chi connectivity index (χ1v) is 4.82. The Morgan fingerprint density at radius 2 is 2.00 bits per heavy atom. The van der Waals surface area contributed by atoms with Crippen LogP contribution in [0.25, 0.3) is 0 Å². The van der Waals surface area contributed by atoms with E-state index in [-0.39, 0.29) is 11.9 Å². The van der Waals surface area contributed by atoms with Crippen molar-refractivity contribution in [2.24, 2.45) is 0 Å². The number of nitrogens with one attached hydrogen (secondary N) is 1. The van der Waals surface area contributed by atoms with Crippen LogP contribution in [-0.4, -0.2) is 19.3 Å². The van der Waals surface area contributed by atoms with Gasteiger partial charge in [0.1, 0.15) is 5.82 Å². The van der Waals surface area contributed by atoms with Crippen molar-refractivity contribution >= 4 is 5.69 Å². The molecule has 1 N–H and O–H groups in total. The van der Waals surface area contributed by atoms with Crippen LogP contribution in [-0.2, 0) is 4.74 Å². The number of anilines is 1. The van der Waals surface area contributed by atoms with Gasteiger partial charge in [-0.1, -0.05) is 0 Å². The average Bonchev–Trinajstić information content (AvgIpc) is 2.18. The van der Waals surface area contributed by atoms with Crippen LogP contribution in [0.2, 0.25) is 0 Å². The van der Waals surface area contributed by atoms with Crippen LogP contribution in [0.15, 0.2) is 24.3 Å². The summed E-state index contributed by atoms with van der Waals surface area (Å²) >= 11 is 0. The SMILES string of the molecule is CCOCC(C)Nc1ccc(F)cc1. The quantitative estimate of drug-likeness (QED) is 0.783. The van der Waals surface area contributed by atoms with E-state index in [1.807, 2.05) is 13.8 Å². The molecule has 0 aliphatic carbocycles. The maximum Gasteiger partial charge on any atom is 0.123 e. The van der Waals surface area contributed by atoms with Crippen molar-refractivity contribution in [2.45, 2.75) is 19.9 Å². The van der Waals surface area contributed by atoms with Crippen molar-refractivity contribution in [1.29, 1.82) is 0 Å². The Morgan fingerprint density at radius 3 is 2.57 bits per heavy atom.